The van der Waals surface area contributed by atoms with Crippen LogP contribution in [0.15, 0.2) is 97.2 Å². The van der Waals surface area contributed by atoms with Gasteiger partial charge in [0.2, 0.25) is 0 Å². The first kappa shape index (κ1) is 53.9. The topological polar surface area (TPSA) is 134 Å². The number of hydrogen-bond acceptors (Lipinski definition) is 8. The monoisotopic (exact) mass is 816 g/mol. The zero-order chi connectivity index (χ0) is 41.8. The van der Waals surface area contributed by atoms with Crippen LogP contribution in [0.4, 0.5) is 0 Å². The Kier molecular flexibility index (Phi) is 40.2. The summed E-state index contributed by atoms with van der Waals surface area (Å²) in [5.74, 6) is -0.989. The van der Waals surface area contributed by atoms with E-state index in [0.29, 0.717) is 12.8 Å². The molecule has 0 saturated heterocycles. The van der Waals surface area contributed by atoms with Gasteiger partial charge in [-0.3, -0.25) is 18.6 Å². The Morgan fingerprint density at radius 1 is 0.544 bits per heavy atom. The largest absolute Gasteiger partial charge is 0.472 e. The number of nitrogens with two attached hydrogens (primary N) is 1. The van der Waals surface area contributed by atoms with Gasteiger partial charge in [0.05, 0.1) is 13.2 Å². The molecule has 57 heavy (non-hydrogen) atoms. The molecule has 0 bridgehead atoms. The lowest BCUT2D eigenvalue weighted by Crippen LogP contribution is -2.29. The van der Waals surface area contributed by atoms with Crippen molar-refractivity contribution in [3.8, 4) is 0 Å². The van der Waals surface area contributed by atoms with Crippen LogP contribution in [-0.2, 0) is 32.7 Å². The summed E-state index contributed by atoms with van der Waals surface area (Å²) in [6.07, 6.45) is 54.6. The molecule has 10 heteroatoms. The van der Waals surface area contributed by atoms with E-state index in [9.17, 15) is 19.0 Å². The van der Waals surface area contributed by atoms with Gasteiger partial charge in [-0.2, -0.15) is 0 Å². The van der Waals surface area contributed by atoms with Crippen LogP contribution in [0, 0.1) is 0 Å². The summed E-state index contributed by atoms with van der Waals surface area (Å²) in [4.78, 5) is 34.8. The molecular formula is C47H78NO8P. The van der Waals surface area contributed by atoms with E-state index in [-0.39, 0.29) is 32.6 Å². The number of hydrogen-bond donors (Lipinski definition) is 2. The van der Waals surface area contributed by atoms with Crippen molar-refractivity contribution in [2.24, 2.45) is 5.73 Å². The second-order valence-corrected chi connectivity index (χ2v) is 15.3. The number of esters is 2. The predicted molar refractivity (Wildman–Crippen MR) is 238 cm³/mol. The summed E-state index contributed by atoms with van der Waals surface area (Å²) in [6, 6.07) is 0. The number of carbonyl (C=O) groups excluding carboxylic acids is 2. The van der Waals surface area contributed by atoms with Gasteiger partial charge in [-0.15, -0.1) is 0 Å². The molecule has 0 amide bonds. The molecule has 0 aromatic carbocycles. The summed E-state index contributed by atoms with van der Waals surface area (Å²) in [7, 11) is -4.41. The standard InChI is InChI=1S/C47H78NO8P/c1-3-5-7-9-11-13-15-17-19-21-22-24-26-28-30-32-34-36-38-40-47(50)56-45(44-55-57(51,52)54-42-41-48)43-53-46(49)39-37-35-33-31-29-27-25-23-20-18-16-14-12-10-8-6-4-2/h5,7,11,13,17,19,22,24-25,27-28,30-31,33-34,36,45H,3-4,6,8-10,12,14-16,18,20-21,23,26,29,32,35,37-44,48H2,1-2H3,(H,51,52)/b7-5+,13-11+,19-17+,24-22+,27-25+,30-28+,33-31+,36-34+/t45-/m1/s1. The Hall–Kier alpha value is -3.07. The molecule has 0 spiro atoms. The van der Waals surface area contributed by atoms with Crippen molar-refractivity contribution in [2.45, 2.75) is 161 Å². The number of ether oxygens (including phenoxy) is 2. The number of carbonyl (C=O) groups is 2. The lowest BCUT2D eigenvalue weighted by atomic mass is 10.1. The van der Waals surface area contributed by atoms with E-state index in [1.807, 2.05) is 12.2 Å². The lowest BCUT2D eigenvalue weighted by Gasteiger charge is -2.19. The molecule has 0 heterocycles. The number of phosphoric acid groups is 1. The van der Waals surface area contributed by atoms with Gasteiger partial charge >= 0.3 is 19.8 Å². The highest BCUT2D eigenvalue weighted by Gasteiger charge is 2.25. The Morgan fingerprint density at radius 2 is 1.00 bits per heavy atom. The zero-order valence-electron chi connectivity index (χ0n) is 35.5. The second kappa shape index (κ2) is 42.5. The van der Waals surface area contributed by atoms with Crippen LogP contribution in [0.5, 0.6) is 0 Å². The maximum Gasteiger partial charge on any atom is 0.472 e. The molecular weight excluding hydrogens is 737 g/mol. The molecule has 9 nitrogen and oxygen atoms in total. The average molecular weight is 816 g/mol. The van der Waals surface area contributed by atoms with Crippen LogP contribution in [0.3, 0.4) is 0 Å². The molecule has 0 rings (SSSR count). The van der Waals surface area contributed by atoms with Gasteiger partial charge in [-0.25, -0.2) is 4.57 Å². The van der Waals surface area contributed by atoms with Gasteiger partial charge in [0.1, 0.15) is 6.61 Å². The molecule has 1 unspecified atom stereocenters. The number of rotatable bonds is 39. The third-order valence-electron chi connectivity index (χ3n) is 8.47. The van der Waals surface area contributed by atoms with Crippen LogP contribution in [0.2, 0.25) is 0 Å². The highest BCUT2D eigenvalue weighted by atomic mass is 31.2. The highest BCUT2D eigenvalue weighted by Crippen LogP contribution is 2.43. The summed E-state index contributed by atoms with van der Waals surface area (Å²) < 4.78 is 32.6. The molecule has 3 N–H and O–H groups in total. The zero-order valence-corrected chi connectivity index (χ0v) is 36.4. The van der Waals surface area contributed by atoms with E-state index in [2.05, 4.69) is 98.9 Å². The molecule has 0 aliphatic rings. The highest BCUT2D eigenvalue weighted by molar-refractivity contribution is 7.47. The van der Waals surface area contributed by atoms with Crippen LogP contribution in [0.25, 0.3) is 0 Å². The fraction of sp³-hybridized carbons (Fsp3) is 0.617. The van der Waals surface area contributed by atoms with Gasteiger partial charge < -0.3 is 20.1 Å². The maximum absolute atomic E-state index is 12.5. The molecule has 0 aromatic rings. The SMILES string of the molecule is CC/C=C/C/C=C/C/C=C/C/C=C/C/C=C/C/C=C/CCC(=O)O[C@H](COC(=O)CCC/C=C/C/C=C/CCCCCCCCCCC)COP(=O)(O)OCCN. The fourth-order valence-electron chi connectivity index (χ4n) is 5.29. The molecule has 0 aromatic heterocycles. The third kappa shape index (κ3) is 42.4. The van der Waals surface area contributed by atoms with Crippen molar-refractivity contribution in [3.63, 3.8) is 0 Å². The molecule has 324 valence electrons. The first-order valence-corrected chi connectivity index (χ1v) is 23.2. The van der Waals surface area contributed by atoms with Crippen LogP contribution >= 0.6 is 7.82 Å². The number of phosphoric ester groups is 1. The Morgan fingerprint density at radius 3 is 1.51 bits per heavy atom. The molecule has 0 aliphatic carbocycles. The second-order valence-electron chi connectivity index (χ2n) is 13.8. The van der Waals surface area contributed by atoms with Crippen molar-refractivity contribution >= 4 is 19.8 Å². The molecule has 0 fully saturated rings. The molecule has 2 atom stereocenters. The minimum absolute atomic E-state index is 0.0316. The van der Waals surface area contributed by atoms with Crippen LogP contribution in [0.1, 0.15) is 155 Å². The number of allylic oxidation sites excluding steroid dienone is 16. The molecule has 0 aliphatic heterocycles. The summed E-state index contributed by atoms with van der Waals surface area (Å²) in [5, 5.41) is 0. The van der Waals surface area contributed by atoms with E-state index in [0.717, 1.165) is 57.8 Å². The minimum Gasteiger partial charge on any atom is -0.462 e. The smallest absolute Gasteiger partial charge is 0.462 e. The Labute approximate surface area is 346 Å². The van der Waals surface area contributed by atoms with Crippen molar-refractivity contribution in [3.05, 3.63) is 97.2 Å². The predicted octanol–water partition coefficient (Wildman–Crippen LogP) is 12.6. The normalized spacial score (nSPS) is 14.2. The third-order valence-corrected chi connectivity index (χ3v) is 9.45. The van der Waals surface area contributed by atoms with E-state index < -0.39 is 32.5 Å². The van der Waals surface area contributed by atoms with E-state index in [1.165, 1.54) is 57.8 Å². The van der Waals surface area contributed by atoms with Crippen molar-refractivity contribution in [1.82, 2.24) is 0 Å². The van der Waals surface area contributed by atoms with Crippen LogP contribution < -0.4 is 5.73 Å². The fourth-order valence-corrected chi connectivity index (χ4v) is 6.05. The van der Waals surface area contributed by atoms with Gasteiger partial charge in [-0.05, 0) is 77.0 Å². The summed E-state index contributed by atoms with van der Waals surface area (Å²) in [5.41, 5.74) is 5.34. The van der Waals surface area contributed by atoms with E-state index in [4.69, 9.17) is 24.3 Å². The van der Waals surface area contributed by atoms with Crippen molar-refractivity contribution in [2.75, 3.05) is 26.4 Å². The Balaban J connectivity index is 4.37. The minimum atomic E-state index is -4.41. The van der Waals surface area contributed by atoms with Gasteiger partial charge in [0, 0.05) is 19.4 Å². The van der Waals surface area contributed by atoms with Crippen molar-refractivity contribution < 1.29 is 37.6 Å². The summed E-state index contributed by atoms with van der Waals surface area (Å²) in [6.45, 7) is 3.46. The quantitative estimate of drug-likeness (QED) is 0.0269. The molecule has 0 radical (unpaired) electrons. The first-order valence-electron chi connectivity index (χ1n) is 21.7. The average Bonchev–Trinajstić information content (AvgIpc) is 3.20. The van der Waals surface area contributed by atoms with Crippen LogP contribution in [-0.4, -0.2) is 49.3 Å². The van der Waals surface area contributed by atoms with Gasteiger partial charge in [0.15, 0.2) is 6.10 Å². The van der Waals surface area contributed by atoms with Crippen molar-refractivity contribution in [1.29, 1.82) is 0 Å². The van der Waals surface area contributed by atoms with Gasteiger partial charge in [0.25, 0.3) is 0 Å². The lowest BCUT2D eigenvalue weighted by molar-refractivity contribution is -0.161. The molecule has 0 saturated carbocycles. The summed E-state index contributed by atoms with van der Waals surface area (Å²) >= 11 is 0. The van der Waals surface area contributed by atoms with Gasteiger partial charge in [-0.1, -0.05) is 162 Å². The van der Waals surface area contributed by atoms with E-state index >= 15 is 0 Å². The Bertz CT molecular complexity index is 1250. The number of unbranched alkanes of at least 4 members (excludes halogenated alkanes) is 10. The van der Waals surface area contributed by atoms with E-state index in [1.54, 1.807) is 0 Å². The maximum atomic E-state index is 12.5. The first-order chi connectivity index (χ1) is 27.8.